The number of hydrogen-bond acceptors (Lipinski definition) is 3. The molecule has 1 heterocycles. The third-order valence-corrected chi connectivity index (χ3v) is 5.36. The van der Waals surface area contributed by atoms with Crippen molar-refractivity contribution in [1.29, 1.82) is 0 Å². The molecule has 2 aromatic rings. The lowest BCUT2D eigenvalue weighted by atomic mass is 9.87. The van der Waals surface area contributed by atoms with Gasteiger partial charge in [-0.05, 0) is 61.2 Å². The van der Waals surface area contributed by atoms with Gasteiger partial charge in [-0.1, -0.05) is 12.1 Å². The molecule has 1 aliphatic carbocycles. The van der Waals surface area contributed by atoms with Crippen molar-refractivity contribution >= 4 is 5.69 Å². The van der Waals surface area contributed by atoms with Gasteiger partial charge in [0.25, 0.3) is 0 Å². The Morgan fingerprint density at radius 1 is 1.04 bits per heavy atom. The standard InChI is InChI=1S/C20H23FN2O/c21-16-3-5-17(6-4-16)23-13-15-11-18(23)7-10-20(15)24-19-8-1-14(12-22)2-9-19/h1-6,8-9,15,18,20H,7,10-13,22H2. The third-order valence-electron chi connectivity index (χ3n) is 5.36. The number of fused-ring (bicyclic) bond motifs is 2. The second-order valence-corrected chi connectivity index (χ2v) is 6.86. The van der Waals surface area contributed by atoms with Gasteiger partial charge in [0, 0.05) is 30.7 Å². The summed E-state index contributed by atoms with van der Waals surface area (Å²) in [7, 11) is 0. The maximum atomic E-state index is 13.2. The molecule has 126 valence electrons. The van der Waals surface area contributed by atoms with Gasteiger partial charge < -0.3 is 15.4 Å². The van der Waals surface area contributed by atoms with Gasteiger partial charge in [0.15, 0.2) is 0 Å². The van der Waals surface area contributed by atoms with Gasteiger partial charge in [0.1, 0.15) is 17.7 Å². The van der Waals surface area contributed by atoms with Crippen LogP contribution in [0.15, 0.2) is 48.5 Å². The van der Waals surface area contributed by atoms with Crippen LogP contribution < -0.4 is 15.4 Å². The van der Waals surface area contributed by atoms with Gasteiger partial charge in [-0.15, -0.1) is 0 Å². The average molecular weight is 326 g/mol. The van der Waals surface area contributed by atoms with Crippen molar-refractivity contribution in [2.75, 3.05) is 11.4 Å². The molecule has 1 saturated carbocycles. The van der Waals surface area contributed by atoms with Crippen LogP contribution in [0.5, 0.6) is 5.75 Å². The van der Waals surface area contributed by atoms with Crippen LogP contribution in [0.25, 0.3) is 0 Å². The molecule has 2 fully saturated rings. The summed E-state index contributed by atoms with van der Waals surface area (Å²) in [5.41, 5.74) is 7.89. The van der Waals surface area contributed by atoms with Gasteiger partial charge in [-0.3, -0.25) is 0 Å². The first-order chi connectivity index (χ1) is 11.7. The van der Waals surface area contributed by atoms with Crippen LogP contribution >= 0.6 is 0 Å². The number of anilines is 1. The first-order valence-electron chi connectivity index (χ1n) is 8.71. The Hall–Kier alpha value is -2.07. The van der Waals surface area contributed by atoms with Crippen LogP contribution in [0, 0.1) is 11.7 Å². The number of hydrogen-bond donors (Lipinski definition) is 1. The van der Waals surface area contributed by atoms with Gasteiger partial charge in [0.2, 0.25) is 0 Å². The summed E-state index contributed by atoms with van der Waals surface area (Å²) >= 11 is 0. The second-order valence-electron chi connectivity index (χ2n) is 6.86. The summed E-state index contributed by atoms with van der Waals surface area (Å²) in [5, 5.41) is 0. The lowest BCUT2D eigenvalue weighted by Crippen LogP contribution is -2.31. The summed E-state index contributed by atoms with van der Waals surface area (Å²) in [4.78, 5) is 2.42. The maximum Gasteiger partial charge on any atom is 0.123 e. The number of nitrogens with two attached hydrogens (primary N) is 1. The molecule has 0 spiro atoms. The minimum absolute atomic E-state index is 0.178. The molecular formula is C20H23FN2O. The molecule has 4 heteroatoms. The molecule has 3 unspecified atom stereocenters. The lowest BCUT2D eigenvalue weighted by Gasteiger charge is -2.29. The Morgan fingerprint density at radius 3 is 2.50 bits per heavy atom. The molecule has 0 radical (unpaired) electrons. The summed E-state index contributed by atoms with van der Waals surface area (Å²) < 4.78 is 19.4. The minimum Gasteiger partial charge on any atom is -0.490 e. The molecule has 2 aliphatic rings. The molecule has 1 saturated heterocycles. The Kier molecular flexibility index (Phi) is 4.15. The van der Waals surface area contributed by atoms with Gasteiger partial charge in [0.05, 0.1) is 0 Å². The minimum atomic E-state index is -0.178. The van der Waals surface area contributed by atoms with E-state index in [4.69, 9.17) is 10.5 Å². The number of rotatable bonds is 4. The van der Waals surface area contributed by atoms with Crippen LogP contribution in [0.1, 0.15) is 24.8 Å². The predicted molar refractivity (Wildman–Crippen MR) is 93.6 cm³/mol. The highest BCUT2D eigenvalue weighted by atomic mass is 19.1. The molecule has 3 atom stereocenters. The van der Waals surface area contributed by atoms with Gasteiger partial charge in [-0.2, -0.15) is 0 Å². The lowest BCUT2D eigenvalue weighted by molar-refractivity contribution is 0.113. The summed E-state index contributed by atoms with van der Waals surface area (Å²) in [5.74, 6) is 1.28. The maximum absolute atomic E-state index is 13.2. The fourth-order valence-corrected chi connectivity index (χ4v) is 4.07. The normalized spacial score (nSPS) is 25.8. The zero-order valence-electron chi connectivity index (χ0n) is 13.7. The highest BCUT2D eigenvalue weighted by molar-refractivity contribution is 5.49. The van der Waals surface area contributed by atoms with E-state index in [-0.39, 0.29) is 11.9 Å². The van der Waals surface area contributed by atoms with E-state index in [2.05, 4.69) is 4.90 Å². The molecule has 2 aromatic carbocycles. The summed E-state index contributed by atoms with van der Waals surface area (Å²) in [6.45, 7) is 1.54. The number of nitrogens with zero attached hydrogens (tertiary/aromatic N) is 1. The topological polar surface area (TPSA) is 38.5 Å². The number of halogens is 1. The SMILES string of the molecule is NCc1ccc(OC2CCC3CC2CN3c2ccc(F)cc2)cc1. The fourth-order valence-electron chi connectivity index (χ4n) is 4.07. The Morgan fingerprint density at radius 2 is 1.79 bits per heavy atom. The quantitative estimate of drug-likeness (QED) is 0.930. The van der Waals surface area contributed by atoms with E-state index >= 15 is 0 Å². The largest absolute Gasteiger partial charge is 0.490 e. The van der Waals surface area contributed by atoms with Crippen molar-refractivity contribution in [2.24, 2.45) is 11.7 Å². The van der Waals surface area contributed by atoms with Crippen molar-refractivity contribution in [3.63, 3.8) is 0 Å². The van der Waals surface area contributed by atoms with Gasteiger partial charge >= 0.3 is 0 Å². The van der Waals surface area contributed by atoms with E-state index in [0.29, 0.717) is 18.5 Å². The Labute approximate surface area is 142 Å². The van der Waals surface area contributed by atoms with Crippen molar-refractivity contribution in [3.05, 3.63) is 59.9 Å². The number of benzene rings is 2. The van der Waals surface area contributed by atoms with Crippen LogP contribution in [0.4, 0.5) is 10.1 Å². The third kappa shape index (κ3) is 2.98. The molecule has 0 amide bonds. The van der Waals surface area contributed by atoms with Crippen molar-refractivity contribution in [3.8, 4) is 5.75 Å². The van der Waals surface area contributed by atoms with Crippen molar-refractivity contribution < 1.29 is 9.13 Å². The molecule has 2 N–H and O–H groups in total. The summed E-state index contributed by atoms with van der Waals surface area (Å²) in [6.07, 6.45) is 3.61. The van der Waals surface area contributed by atoms with E-state index in [1.54, 1.807) is 12.1 Å². The highest BCUT2D eigenvalue weighted by Gasteiger charge is 2.41. The molecule has 1 aliphatic heterocycles. The van der Waals surface area contributed by atoms with E-state index in [1.165, 1.54) is 0 Å². The molecule has 4 rings (SSSR count). The Bertz CT molecular complexity index is 686. The average Bonchev–Trinajstić information content (AvgIpc) is 2.97. The van der Waals surface area contributed by atoms with E-state index in [9.17, 15) is 4.39 Å². The Balaban J connectivity index is 1.44. The van der Waals surface area contributed by atoms with E-state index < -0.39 is 0 Å². The van der Waals surface area contributed by atoms with Crippen LogP contribution in [0.2, 0.25) is 0 Å². The zero-order chi connectivity index (χ0) is 16.5. The van der Waals surface area contributed by atoms with Crippen LogP contribution in [-0.2, 0) is 6.54 Å². The molecular weight excluding hydrogens is 303 g/mol. The molecule has 24 heavy (non-hydrogen) atoms. The second kappa shape index (κ2) is 6.44. The fraction of sp³-hybridized carbons (Fsp3) is 0.400. The number of ether oxygens (including phenoxy) is 1. The predicted octanol–water partition coefficient (Wildman–Crippen LogP) is 3.72. The van der Waals surface area contributed by atoms with E-state index in [0.717, 1.165) is 42.8 Å². The van der Waals surface area contributed by atoms with E-state index in [1.807, 2.05) is 36.4 Å². The molecule has 2 bridgehead atoms. The smallest absolute Gasteiger partial charge is 0.123 e. The molecule has 3 nitrogen and oxygen atoms in total. The van der Waals surface area contributed by atoms with Crippen LogP contribution in [0.3, 0.4) is 0 Å². The first-order valence-corrected chi connectivity index (χ1v) is 8.71. The summed E-state index contributed by atoms with van der Waals surface area (Å²) in [6, 6.07) is 15.5. The highest BCUT2D eigenvalue weighted by Crippen LogP contribution is 2.40. The zero-order valence-corrected chi connectivity index (χ0v) is 13.7. The molecule has 0 aromatic heterocycles. The van der Waals surface area contributed by atoms with Gasteiger partial charge in [-0.25, -0.2) is 4.39 Å². The van der Waals surface area contributed by atoms with Crippen LogP contribution in [-0.4, -0.2) is 18.7 Å². The monoisotopic (exact) mass is 326 g/mol. The first kappa shape index (κ1) is 15.5. The van der Waals surface area contributed by atoms with Crippen molar-refractivity contribution in [2.45, 2.75) is 38.0 Å². The van der Waals surface area contributed by atoms with Crippen molar-refractivity contribution in [1.82, 2.24) is 0 Å².